The monoisotopic (exact) mass is 297 g/mol. The van der Waals surface area contributed by atoms with Crippen molar-refractivity contribution in [3.05, 3.63) is 34.6 Å². The molecule has 0 aliphatic carbocycles. The molecule has 1 unspecified atom stereocenters. The lowest BCUT2D eigenvalue weighted by molar-refractivity contribution is 0.0804. The summed E-state index contributed by atoms with van der Waals surface area (Å²) in [7, 11) is 1.56. The summed E-state index contributed by atoms with van der Waals surface area (Å²) in [6.45, 7) is 0.304. The van der Waals surface area contributed by atoms with E-state index in [2.05, 4.69) is 26.1 Å². The van der Waals surface area contributed by atoms with Crippen molar-refractivity contribution >= 4 is 15.9 Å². The number of nitrogens with two attached hydrogens (primary N) is 1. The third-order valence-electron chi connectivity index (χ3n) is 2.32. The molecule has 17 heavy (non-hydrogen) atoms. The molecule has 0 saturated carbocycles. The van der Waals surface area contributed by atoms with Crippen LogP contribution in [0.15, 0.2) is 33.3 Å². The topological polar surface area (TPSA) is 74.2 Å². The first kappa shape index (κ1) is 12.2. The molecule has 0 radical (unpaired) electrons. The molecule has 0 amide bonds. The molecule has 0 bridgehead atoms. The smallest absolute Gasteiger partial charge is 0.257 e. The zero-order valence-corrected chi connectivity index (χ0v) is 10.8. The first-order chi connectivity index (χ1) is 8.24. The summed E-state index contributed by atoms with van der Waals surface area (Å²) in [6.07, 6.45) is -0.355. The summed E-state index contributed by atoms with van der Waals surface area (Å²) in [5.41, 5.74) is 6.41. The summed E-state index contributed by atoms with van der Waals surface area (Å²) in [5.74, 6) is 0.927. The Morgan fingerprint density at radius 2 is 2.12 bits per heavy atom. The summed E-state index contributed by atoms with van der Waals surface area (Å²) >= 11 is 3.37. The van der Waals surface area contributed by atoms with E-state index < -0.39 is 0 Å². The highest BCUT2D eigenvalue weighted by Gasteiger charge is 2.17. The molecule has 1 heterocycles. The normalized spacial score (nSPS) is 12.6. The van der Waals surface area contributed by atoms with Crippen LogP contribution in [0.5, 0.6) is 0 Å². The van der Waals surface area contributed by atoms with Crippen LogP contribution in [-0.2, 0) is 4.74 Å². The van der Waals surface area contributed by atoms with Crippen molar-refractivity contribution < 1.29 is 9.26 Å². The zero-order valence-electron chi connectivity index (χ0n) is 9.26. The number of hydrogen-bond acceptors (Lipinski definition) is 5. The first-order valence-corrected chi connectivity index (χ1v) is 5.86. The number of methoxy groups -OCH3 is 1. The molecule has 0 aliphatic heterocycles. The van der Waals surface area contributed by atoms with E-state index in [1.54, 1.807) is 7.11 Å². The van der Waals surface area contributed by atoms with Gasteiger partial charge in [0.1, 0.15) is 6.10 Å². The average Bonchev–Trinajstić information content (AvgIpc) is 2.81. The number of nitrogens with zero attached hydrogens (tertiary/aromatic N) is 2. The molecular formula is C11H12BrN3O2. The van der Waals surface area contributed by atoms with Crippen molar-refractivity contribution in [2.75, 3.05) is 13.7 Å². The van der Waals surface area contributed by atoms with Gasteiger partial charge in [-0.3, -0.25) is 0 Å². The van der Waals surface area contributed by atoms with Gasteiger partial charge in [-0.2, -0.15) is 4.98 Å². The Bertz CT molecular complexity index is 480. The number of ether oxygens (including phenoxy) is 1. The van der Waals surface area contributed by atoms with E-state index in [9.17, 15) is 0 Å². The molecule has 1 atom stereocenters. The first-order valence-electron chi connectivity index (χ1n) is 5.07. The molecule has 1 aromatic carbocycles. The molecule has 5 nitrogen and oxygen atoms in total. The second-order valence-electron chi connectivity index (χ2n) is 3.42. The van der Waals surface area contributed by atoms with Gasteiger partial charge >= 0.3 is 0 Å². The maximum Gasteiger partial charge on any atom is 0.257 e. The molecule has 0 spiro atoms. The van der Waals surface area contributed by atoms with E-state index >= 15 is 0 Å². The van der Waals surface area contributed by atoms with E-state index in [1.807, 2.05) is 24.3 Å². The van der Waals surface area contributed by atoms with Gasteiger partial charge in [0, 0.05) is 23.7 Å². The SMILES string of the molecule is COC(CN)c1nc(-c2ccc(Br)cc2)no1. The number of rotatable bonds is 4. The molecule has 6 heteroatoms. The standard InChI is InChI=1S/C11H12BrN3O2/c1-16-9(6-13)11-14-10(15-17-11)7-2-4-8(12)5-3-7/h2-5,9H,6,13H2,1H3. The van der Waals surface area contributed by atoms with E-state index in [4.69, 9.17) is 15.0 Å². The maximum absolute atomic E-state index is 5.52. The van der Waals surface area contributed by atoms with Gasteiger partial charge in [-0.15, -0.1) is 0 Å². The van der Waals surface area contributed by atoms with Crippen LogP contribution in [0.2, 0.25) is 0 Å². The average molecular weight is 298 g/mol. The Balaban J connectivity index is 2.26. The van der Waals surface area contributed by atoms with Crippen LogP contribution < -0.4 is 5.73 Å². The molecule has 0 saturated heterocycles. The van der Waals surface area contributed by atoms with Gasteiger partial charge in [-0.1, -0.05) is 21.1 Å². The highest BCUT2D eigenvalue weighted by atomic mass is 79.9. The Hall–Kier alpha value is -1.24. The van der Waals surface area contributed by atoms with Gasteiger partial charge in [-0.25, -0.2) is 0 Å². The molecule has 0 aliphatic rings. The van der Waals surface area contributed by atoms with Crippen LogP contribution in [-0.4, -0.2) is 23.8 Å². The van der Waals surface area contributed by atoms with Gasteiger partial charge in [-0.05, 0) is 24.3 Å². The van der Waals surface area contributed by atoms with Crippen molar-refractivity contribution in [1.29, 1.82) is 0 Å². The van der Waals surface area contributed by atoms with Crippen molar-refractivity contribution in [3.63, 3.8) is 0 Å². The van der Waals surface area contributed by atoms with Gasteiger partial charge in [0.15, 0.2) is 0 Å². The Morgan fingerprint density at radius 3 is 2.71 bits per heavy atom. The fourth-order valence-electron chi connectivity index (χ4n) is 1.38. The van der Waals surface area contributed by atoms with Crippen LogP contribution in [0.4, 0.5) is 0 Å². The summed E-state index contributed by atoms with van der Waals surface area (Å²) < 4.78 is 11.2. The molecule has 2 rings (SSSR count). The van der Waals surface area contributed by atoms with Gasteiger partial charge < -0.3 is 15.0 Å². The fourth-order valence-corrected chi connectivity index (χ4v) is 1.64. The number of hydrogen-bond donors (Lipinski definition) is 1. The highest BCUT2D eigenvalue weighted by molar-refractivity contribution is 9.10. The summed E-state index contributed by atoms with van der Waals surface area (Å²) in [4.78, 5) is 4.25. The molecule has 0 fully saturated rings. The number of halogens is 1. The minimum atomic E-state index is -0.355. The third kappa shape index (κ3) is 2.71. The van der Waals surface area contributed by atoms with E-state index in [1.165, 1.54) is 0 Å². The molecular weight excluding hydrogens is 286 g/mol. The summed E-state index contributed by atoms with van der Waals surface area (Å²) in [6, 6.07) is 7.65. The predicted molar refractivity (Wildman–Crippen MR) is 66.2 cm³/mol. The second-order valence-corrected chi connectivity index (χ2v) is 4.34. The van der Waals surface area contributed by atoms with Crippen LogP contribution in [0.25, 0.3) is 11.4 Å². The zero-order chi connectivity index (χ0) is 12.3. The van der Waals surface area contributed by atoms with Gasteiger partial charge in [0.05, 0.1) is 0 Å². The lowest BCUT2D eigenvalue weighted by atomic mass is 10.2. The van der Waals surface area contributed by atoms with Crippen molar-refractivity contribution in [3.8, 4) is 11.4 Å². The maximum atomic E-state index is 5.52. The second kappa shape index (κ2) is 5.39. The predicted octanol–water partition coefficient (Wildman–Crippen LogP) is 2.15. The molecule has 2 N–H and O–H groups in total. The quantitative estimate of drug-likeness (QED) is 0.936. The van der Waals surface area contributed by atoms with Crippen molar-refractivity contribution in [2.45, 2.75) is 6.10 Å². The largest absolute Gasteiger partial charge is 0.370 e. The van der Waals surface area contributed by atoms with Crippen LogP contribution >= 0.6 is 15.9 Å². The third-order valence-corrected chi connectivity index (χ3v) is 2.85. The minimum Gasteiger partial charge on any atom is -0.370 e. The summed E-state index contributed by atoms with van der Waals surface area (Å²) in [5, 5.41) is 3.90. The van der Waals surface area contributed by atoms with Crippen LogP contribution in [0.1, 0.15) is 12.0 Å². The van der Waals surface area contributed by atoms with Crippen molar-refractivity contribution in [1.82, 2.24) is 10.1 Å². The van der Waals surface area contributed by atoms with Crippen LogP contribution in [0, 0.1) is 0 Å². The highest BCUT2D eigenvalue weighted by Crippen LogP contribution is 2.21. The van der Waals surface area contributed by atoms with E-state index in [0.717, 1.165) is 10.0 Å². The Kier molecular flexibility index (Phi) is 3.88. The molecule has 2 aromatic rings. The molecule has 1 aromatic heterocycles. The lowest BCUT2D eigenvalue weighted by Crippen LogP contribution is -2.14. The minimum absolute atomic E-state index is 0.304. The fraction of sp³-hybridized carbons (Fsp3) is 0.273. The van der Waals surface area contributed by atoms with Crippen molar-refractivity contribution in [2.24, 2.45) is 5.73 Å². The molecule has 90 valence electrons. The van der Waals surface area contributed by atoms with Gasteiger partial charge in [0.2, 0.25) is 5.82 Å². The number of benzene rings is 1. The van der Waals surface area contributed by atoms with Gasteiger partial charge in [0.25, 0.3) is 5.89 Å². The van der Waals surface area contributed by atoms with Crippen LogP contribution in [0.3, 0.4) is 0 Å². The number of aromatic nitrogens is 2. The Labute approximate surface area is 107 Å². The Morgan fingerprint density at radius 1 is 1.41 bits per heavy atom. The van der Waals surface area contributed by atoms with E-state index in [-0.39, 0.29) is 6.10 Å². The lowest BCUT2D eigenvalue weighted by Gasteiger charge is -2.05. The van der Waals surface area contributed by atoms with E-state index in [0.29, 0.717) is 18.3 Å².